The van der Waals surface area contributed by atoms with Gasteiger partial charge < -0.3 is 24.3 Å². The second-order valence-corrected chi connectivity index (χ2v) is 8.25. The highest BCUT2D eigenvalue weighted by molar-refractivity contribution is 7.99. The summed E-state index contributed by atoms with van der Waals surface area (Å²) in [6.07, 6.45) is 1.54. The number of amides is 1. The molecule has 1 aliphatic heterocycles. The van der Waals surface area contributed by atoms with Crippen LogP contribution in [-0.4, -0.2) is 44.2 Å². The van der Waals surface area contributed by atoms with E-state index in [2.05, 4.69) is 18.3 Å². The van der Waals surface area contributed by atoms with E-state index in [1.807, 2.05) is 30.3 Å². The van der Waals surface area contributed by atoms with Crippen molar-refractivity contribution in [3.05, 3.63) is 47.5 Å². The number of methoxy groups -OCH3 is 2. The minimum Gasteiger partial charge on any atom is -0.493 e. The largest absolute Gasteiger partial charge is 0.493 e. The highest BCUT2D eigenvalue weighted by atomic mass is 32.2. The molecule has 0 aliphatic carbocycles. The summed E-state index contributed by atoms with van der Waals surface area (Å²) in [6.45, 7) is 2.87. The van der Waals surface area contributed by atoms with Crippen molar-refractivity contribution in [3.8, 4) is 23.0 Å². The van der Waals surface area contributed by atoms with Crippen LogP contribution in [0.15, 0.2) is 41.4 Å². The molecule has 0 radical (unpaired) electrons. The molecule has 8 heteroatoms. The summed E-state index contributed by atoms with van der Waals surface area (Å²) in [5.41, 5.74) is 3.01. The number of thioether (sulfide) groups is 1. The fourth-order valence-electron chi connectivity index (χ4n) is 3.54. The molecule has 0 spiro atoms. The van der Waals surface area contributed by atoms with Crippen LogP contribution in [0.25, 0.3) is 10.9 Å². The Morgan fingerprint density at radius 2 is 1.88 bits per heavy atom. The molecule has 1 N–H and O–H groups in total. The molecule has 0 bridgehead atoms. The van der Waals surface area contributed by atoms with Gasteiger partial charge in [0.15, 0.2) is 23.0 Å². The Bertz CT molecular complexity index is 1140. The zero-order valence-electron chi connectivity index (χ0n) is 18.4. The Morgan fingerprint density at radius 1 is 1.09 bits per heavy atom. The highest BCUT2D eigenvalue weighted by Gasteiger charge is 2.17. The monoisotopic (exact) mass is 454 g/mol. The molecule has 0 saturated heterocycles. The van der Waals surface area contributed by atoms with Crippen molar-refractivity contribution >= 4 is 28.6 Å². The third kappa shape index (κ3) is 4.85. The number of hydrogen-bond donors (Lipinski definition) is 1. The smallest absolute Gasteiger partial charge is 0.231 e. The van der Waals surface area contributed by atoms with Gasteiger partial charge in [-0.15, -0.1) is 0 Å². The van der Waals surface area contributed by atoms with E-state index in [0.717, 1.165) is 39.2 Å². The number of nitrogens with zero attached hydrogens (tertiary/aromatic N) is 1. The van der Waals surface area contributed by atoms with E-state index in [9.17, 15) is 4.79 Å². The Morgan fingerprint density at radius 3 is 2.62 bits per heavy atom. The first kappa shape index (κ1) is 22.1. The van der Waals surface area contributed by atoms with Gasteiger partial charge >= 0.3 is 0 Å². The first-order valence-corrected chi connectivity index (χ1v) is 11.4. The van der Waals surface area contributed by atoms with Gasteiger partial charge in [-0.3, -0.25) is 4.79 Å². The van der Waals surface area contributed by atoms with E-state index in [1.54, 1.807) is 14.2 Å². The van der Waals surface area contributed by atoms with Crippen LogP contribution < -0.4 is 24.3 Å². The topological polar surface area (TPSA) is 78.9 Å². The van der Waals surface area contributed by atoms with Crippen LogP contribution in [0.1, 0.15) is 18.1 Å². The first-order valence-electron chi connectivity index (χ1n) is 10.4. The van der Waals surface area contributed by atoms with Gasteiger partial charge in [-0.05, 0) is 48.2 Å². The lowest BCUT2D eigenvalue weighted by molar-refractivity contribution is -0.118. The van der Waals surface area contributed by atoms with Crippen molar-refractivity contribution in [2.24, 2.45) is 0 Å². The quantitative estimate of drug-likeness (QED) is 0.490. The molecule has 1 amide bonds. The molecule has 0 atom stereocenters. The maximum atomic E-state index is 12.4. The number of rotatable bonds is 9. The second-order valence-electron chi connectivity index (χ2n) is 7.28. The summed E-state index contributed by atoms with van der Waals surface area (Å²) < 4.78 is 21.5. The third-order valence-electron chi connectivity index (χ3n) is 5.25. The maximum Gasteiger partial charge on any atom is 0.231 e. The lowest BCUT2D eigenvalue weighted by Gasteiger charge is -2.11. The predicted molar refractivity (Wildman–Crippen MR) is 124 cm³/mol. The Hall–Kier alpha value is -3.13. The number of aryl methyl sites for hydroxylation is 1. The minimum absolute atomic E-state index is 0.0230. The molecule has 168 valence electrons. The fraction of sp³-hybridized carbons (Fsp3) is 0.333. The summed E-state index contributed by atoms with van der Waals surface area (Å²) in [6, 6.07) is 11.7. The molecule has 0 fully saturated rings. The van der Waals surface area contributed by atoms with E-state index in [0.29, 0.717) is 36.0 Å². The van der Waals surface area contributed by atoms with Gasteiger partial charge in [-0.1, -0.05) is 24.8 Å². The van der Waals surface area contributed by atoms with Gasteiger partial charge in [0.25, 0.3) is 0 Å². The molecule has 0 saturated carbocycles. The van der Waals surface area contributed by atoms with Crippen LogP contribution in [0, 0.1) is 0 Å². The van der Waals surface area contributed by atoms with E-state index >= 15 is 0 Å². The lowest BCUT2D eigenvalue weighted by atomic mass is 10.1. The summed E-state index contributed by atoms with van der Waals surface area (Å²) in [5.74, 6) is 3.11. The first-order chi connectivity index (χ1) is 15.6. The summed E-state index contributed by atoms with van der Waals surface area (Å²) in [7, 11) is 3.22. The van der Waals surface area contributed by atoms with E-state index in [4.69, 9.17) is 23.9 Å². The number of fused-ring (bicyclic) bond motifs is 2. The van der Waals surface area contributed by atoms with Crippen molar-refractivity contribution in [2.45, 2.75) is 24.8 Å². The predicted octanol–water partition coefficient (Wildman–Crippen LogP) is 3.99. The molecular weight excluding hydrogens is 428 g/mol. The number of benzene rings is 2. The lowest BCUT2D eigenvalue weighted by Crippen LogP contribution is -2.27. The van der Waals surface area contributed by atoms with Crippen LogP contribution in [-0.2, 0) is 17.6 Å². The summed E-state index contributed by atoms with van der Waals surface area (Å²) in [4.78, 5) is 17.2. The SMILES string of the molecule is CCc1cc2cc3c(cc2nc1SCC(=O)NCCc1ccc(OC)c(OC)c1)OCO3. The Balaban J connectivity index is 1.35. The summed E-state index contributed by atoms with van der Waals surface area (Å²) in [5, 5.41) is 4.86. The van der Waals surface area contributed by atoms with Gasteiger partial charge in [-0.25, -0.2) is 4.98 Å². The van der Waals surface area contributed by atoms with Gasteiger partial charge in [0.2, 0.25) is 12.7 Å². The van der Waals surface area contributed by atoms with Crippen LogP contribution in [0.3, 0.4) is 0 Å². The van der Waals surface area contributed by atoms with Crippen molar-refractivity contribution in [1.82, 2.24) is 10.3 Å². The maximum absolute atomic E-state index is 12.4. The van der Waals surface area contributed by atoms with Crippen LogP contribution in [0.2, 0.25) is 0 Å². The number of carbonyl (C=O) groups is 1. The average Bonchev–Trinajstić information content (AvgIpc) is 3.27. The number of carbonyl (C=O) groups excluding carboxylic acids is 1. The fourth-order valence-corrected chi connectivity index (χ4v) is 4.46. The molecular formula is C24H26N2O5S. The van der Waals surface area contributed by atoms with Crippen molar-refractivity contribution in [3.63, 3.8) is 0 Å². The molecule has 32 heavy (non-hydrogen) atoms. The second kappa shape index (κ2) is 9.99. The zero-order chi connectivity index (χ0) is 22.5. The molecule has 1 aromatic heterocycles. The third-order valence-corrected chi connectivity index (χ3v) is 6.29. The van der Waals surface area contributed by atoms with Crippen LogP contribution in [0.4, 0.5) is 0 Å². The Kier molecular flexibility index (Phi) is 6.90. The van der Waals surface area contributed by atoms with Crippen molar-refractivity contribution in [2.75, 3.05) is 33.3 Å². The highest BCUT2D eigenvalue weighted by Crippen LogP contribution is 2.37. The number of hydrogen-bond acceptors (Lipinski definition) is 7. The van der Waals surface area contributed by atoms with Gasteiger partial charge in [0.05, 0.1) is 25.5 Å². The van der Waals surface area contributed by atoms with Crippen LogP contribution in [0.5, 0.6) is 23.0 Å². The number of ether oxygens (including phenoxy) is 4. The zero-order valence-corrected chi connectivity index (χ0v) is 19.2. The van der Waals surface area contributed by atoms with E-state index in [1.165, 1.54) is 11.8 Å². The molecule has 0 unspecified atom stereocenters. The van der Waals surface area contributed by atoms with Crippen molar-refractivity contribution in [1.29, 1.82) is 0 Å². The standard InChI is InChI=1S/C24H26N2O5S/c1-4-16-10-17-11-21-22(31-14-30-21)12-18(17)26-24(16)32-13-23(27)25-8-7-15-5-6-19(28-2)20(9-15)29-3/h5-6,9-12H,4,7-8,13-14H2,1-3H3,(H,25,27). The van der Waals surface area contributed by atoms with Crippen molar-refractivity contribution < 1.29 is 23.7 Å². The van der Waals surface area contributed by atoms with E-state index in [-0.39, 0.29) is 12.7 Å². The number of nitrogens with one attached hydrogen (secondary N) is 1. The number of pyridine rings is 1. The molecule has 2 aromatic carbocycles. The Labute approximate surface area is 191 Å². The number of aromatic nitrogens is 1. The van der Waals surface area contributed by atoms with Gasteiger partial charge in [0.1, 0.15) is 5.03 Å². The molecule has 7 nitrogen and oxygen atoms in total. The minimum atomic E-state index is -0.0230. The summed E-state index contributed by atoms with van der Waals surface area (Å²) >= 11 is 1.45. The van der Waals surface area contributed by atoms with E-state index < -0.39 is 0 Å². The van der Waals surface area contributed by atoms with Gasteiger partial charge in [-0.2, -0.15) is 0 Å². The molecule has 3 aromatic rings. The molecule has 2 heterocycles. The normalized spacial score (nSPS) is 12.1. The van der Waals surface area contributed by atoms with Crippen LogP contribution >= 0.6 is 11.8 Å². The molecule has 4 rings (SSSR count). The molecule has 1 aliphatic rings. The average molecular weight is 455 g/mol. The van der Waals surface area contributed by atoms with Gasteiger partial charge in [0, 0.05) is 18.0 Å².